The van der Waals surface area contributed by atoms with Crippen LogP contribution in [0.5, 0.6) is 0 Å². The van der Waals surface area contributed by atoms with Crippen molar-refractivity contribution in [1.82, 2.24) is 29.9 Å². The Morgan fingerprint density at radius 2 is 2.45 bits per heavy atom. The smallest absolute Gasteiger partial charge is 0.162 e. The standard InChI is InChI=1S/C13H20N6O/c1-2-5-18-6-3-15-13(18)12-10-19(17-16-12)9-11-8-14-4-7-20-11/h3,6,10-11,14H,2,4-5,7-9H2,1H3/t11-/m1/s1. The minimum Gasteiger partial charge on any atom is -0.374 e. The van der Waals surface area contributed by atoms with Gasteiger partial charge in [-0.05, 0) is 6.42 Å². The molecule has 0 radical (unpaired) electrons. The van der Waals surface area contributed by atoms with Crippen molar-refractivity contribution in [2.24, 2.45) is 0 Å². The van der Waals surface area contributed by atoms with Gasteiger partial charge in [-0.15, -0.1) is 5.10 Å². The molecule has 7 heteroatoms. The van der Waals surface area contributed by atoms with Crippen molar-refractivity contribution in [3.63, 3.8) is 0 Å². The zero-order valence-electron chi connectivity index (χ0n) is 11.7. The van der Waals surface area contributed by atoms with E-state index in [9.17, 15) is 0 Å². The highest BCUT2D eigenvalue weighted by molar-refractivity contribution is 5.47. The van der Waals surface area contributed by atoms with Crippen molar-refractivity contribution < 1.29 is 4.74 Å². The molecule has 0 spiro atoms. The molecule has 1 aliphatic rings. The third-order valence-electron chi connectivity index (χ3n) is 3.34. The second-order valence-corrected chi connectivity index (χ2v) is 4.97. The molecule has 0 bridgehead atoms. The van der Waals surface area contributed by atoms with Crippen LogP contribution in [-0.4, -0.2) is 50.3 Å². The van der Waals surface area contributed by atoms with Crippen LogP contribution in [0, 0.1) is 0 Å². The lowest BCUT2D eigenvalue weighted by Crippen LogP contribution is -2.40. The number of morpholine rings is 1. The predicted octanol–water partition coefficient (Wildman–Crippen LogP) is 0.540. The summed E-state index contributed by atoms with van der Waals surface area (Å²) in [5.74, 6) is 0.876. The van der Waals surface area contributed by atoms with E-state index in [0.717, 1.165) is 44.2 Å². The fourth-order valence-electron chi connectivity index (χ4n) is 2.40. The Kier molecular flexibility index (Phi) is 4.08. The molecule has 1 aliphatic heterocycles. The summed E-state index contributed by atoms with van der Waals surface area (Å²) in [5.41, 5.74) is 0.812. The fraction of sp³-hybridized carbons (Fsp3) is 0.615. The van der Waals surface area contributed by atoms with Crippen LogP contribution in [0.3, 0.4) is 0 Å². The highest BCUT2D eigenvalue weighted by atomic mass is 16.5. The Hall–Kier alpha value is -1.73. The zero-order valence-corrected chi connectivity index (χ0v) is 11.7. The number of ether oxygens (including phenoxy) is 1. The molecule has 2 aromatic heterocycles. The lowest BCUT2D eigenvalue weighted by molar-refractivity contribution is 0.0158. The number of aryl methyl sites for hydroxylation is 1. The molecule has 3 heterocycles. The fourth-order valence-corrected chi connectivity index (χ4v) is 2.40. The normalized spacial score (nSPS) is 19.4. The zero-order chi connectivity index (χ0) is 13.8. The molecule has 1 saturated heterocycles. The molecule has 1 fully saturated rings. The van der Waals surface area contributed by atoms with Crippen molar-refractivity contribution in [2.45, 2.75) is 32.5 Å². The Labute approximate surface area is 117 Å². The maximum Gasteiger partial charge on any atom is 0.162 e. The van der Waals surface area contributed by atoms with E-state index < -0.39 is 0 Å². The molecule has 0 amide bonds. The van der Waals surface area contributed by atoms with Gasteiger partial charge in [-0.3, -0.25) is 0 Å². The van der Waals surface area contributed by atoms with Crippen molar-refractivity contribution in [2.75, 3.05) is 19.7 Å². The van der Waals surface area contributed by atoms with Crippen LogP contribution < -0.4 is 5.32 Å². The average Bonchev–Trinajstić information content (AvgIpc) is 3.09. The first kappa shape index (κ1) is 13.3. The summed E-state index contributed by atoms with van der Waals surface area (Å²) in [4.78, 5) is 4.37. The minimum atomic E-state index is 0.161. The Morgan fingerprint density at radius 1 is 1.50 bits per heavy atom. The van der Waals surface area contributed by atoms with Crippen molar-refractivity contribution in [3.8, 4) is 11.5 Å². The van der Waals surface area contributed by atoms with E-state index in [1.54, 1.807) is 6.20 Å². The topological polar surface area (TPSA) is 69.8 Å². The van der Waals surface area contributed by atoms with Crippen LogP contribution >= 0.6 is 0 Å². The number of imidazole rings is 1. The SMILES string of the molecule is CCCn1ccnc1-c1cn(C[C@H]2CNCCO2)nn1. The van der Waals surface area contributed by atoms with Gasteiger partial charge in [-0.2, -0.15) is 0 Å². The van der Waals surface area contributed by atoms with Gasteiger partial charge in [0, 0.05) is 32.0 Å². The number of hydrogen-bond donors (Lipinski definition) is 1. The van der Waals surface area contributed by atoms with Crippen LogP contribution in [-0.2, 0) is 17.8 Å². The summed E-state index contributed by atoms with van der Waals surface area (Å²) < 4.78 is 9.61. The number of hydrogen-bond acceptors (Lipinski definition) is 5. The van der Waals surface area contributed by atoms with Gasteiger partial charge in [0.25, 0.3) is 0 Å². The summed E-state index contributed by atoms with van der Waals surface area (Å²) in [6.07, 6.45) is 6.95. The van der Waals surface area contributed by atoms with Gasteiger partial charge in [0.05, 0.1) is 25.5 Å². The lowest BCUT2D eigenvalue weighted by Gasteiger charge is -2.23. The molecule has 108 valence electrons. The van der Waals surface area contributed by atoms with E-state index in [1.165, 1.54) is 0 Å². The van der Waals surface area contributed by atoms with E-state index in [0.29, 0.717) is 6.54 Å². The van der Waals surface area contributed by atoms with E-state index in [4.69, 9.17) is 4.74 Å². The first-order valence-corrected chi connectivity index (χ1v) is 7.10. The van der Waals surface area contributed by atoms with Gasteiger partial charge in [-0.25, -0.2) is 9.67 Å². The van der Waals surface area contributed by atoms with E-state index in [-0.39, 0.29) is 6.10 Å². The van der Waals surface area contributed by atoms with Crippen molar-refractivity contribution >= 4 is 0 Å². The van der Waals surface area contributed by atoms with Crippen molar-refractivity contribution in [3.05, 3.63) is 18.6 Å². The minimum absolute atomic E-state index is 0.161. The highest BCUT2D eigenvalue weighted by Gasteiger charge is 2.16. The van der Waals surface area contributed by atoms with Gasteiger partial charge < -0.3 is 14.6 Å². The monoisotopic (exact) mass is 276 g/mol. The van der Waals surface area contributed by atoms with Crippen LogP contribution in [0.25, 0.3) is 11.5 Å². The van der Waals surface area contributed by atoms with Crippen LogP contribution in [0.15, 0.2) is 18.6 Å². The first-order chi connectivity index (χ1) is 9.86. The summed E-state index contributed by atoms with van der Waals surface area (Å²) >= 11 is 0. The van der Waals surface area contributed by atoms with Crippen LogP contribution in [0.2, 0.25) is 0 Å². The molecule has 20 heavy (non-hydrogen) atoms. The van der Waals surface area contributed by atoms with Gasteiger partial charge in [-0.1, -0.05) is 12.1 Å². The number of rotatable bonds is 5. The maximum atomic E-state index is 5.67. The number of nitrogens with one attached hydrogen (secondary N) is 1. The molecule has 1 N–H and O–H groups in total. The highest BCUT2D eigenvalue weighted by Crippen LogP contribution is 2.14. The second kappa shape index (κ2) is 6.15. The van der Waals surface area contributed by atoms with Gasteiger partial charge in [0.2, 0.25) is 0 Å². The Bertz CT molecular complexity index is 543. The summed E-state index contributed by atoms with van der Waals surface area (Å²) in [6.45, 7) is 6.35. The quantitative estimate of drug-likeness (QED) is 0.863. The van der Waals surface area contributed by atoms with Crippen molar-refractivity contribution in [1.29, 1.82) is 0 Å². The molecule has 0 unspecified atom stereocenters. The maximum absolute atomic E-state index is 5.67. The number of nitrogens with zero attached hydrogens (tertiary/aromatic N) is 5. The van der Waals surface area contributed by atoms with Gasteiger partial charge >= 0.3 is 0 Å². The van der Waals surface area contributed by atoms with Gasteiger partial charge in [0.1, 0.15) is 5.69 Å². The largest absolute Gasteiger partial charge is 0.374 e. The summed E-state index contributed by atoms with van der Waals surface area (Å²) in [5, 5.41) is 11.7. The third-order valence-corrected chi connectivity index (χ3v) is 3.34. The molecular formula is C13H20N6O. The molecule has 0 aliphatic carbocycles. The van der Waals surface area contributed by atoms with Gasteiger partial charge in [0.15, 0.2) is 5.82 Å². The molecule has 7 nitrogen and oxygen atoms in total. The number of aromatic nitrogens is 5. The molecular weight excluding hydrogens is 256 g/mol. The Balaban J connectivity index is 1.70. The predicted molar refractivity (Wildman–Crippen MR) is 74.1 cm³/mol. The second-order valence-electron chi connectivity index (χ2n) is 4.97. The molecule has 0 aromatic carbocycles. The van der Waals surface area contributed by atoms with Crippen LogP contribution in [0.1, 0.15) is 13.3 Å². The van der Waals surface area contributed by atoms with E-state index in [2.05, 4.69) is 32.1 Å². The first-order valence-electron chi connectivity index (χ1n) is 7.10. The molecule has 0 saturated carbocycles. The van der Waals surface area contributed by atoms with E-state index in [1.807, 2.05) is 17.1 Å². The average molecular weight is 276 g/mol. The summed E-state index contributed by atoms with van der Waals surface area (Å²) in [6, 6.07) is 0. The molecule has 3 rings (SSSR count). The van der Waals surface area contributed by atoms with E-state index >= 15 is 0 Å². The molecule has 2 aromatic rings. The summed E-state index contributed by atoms with van der Waals surface area (Å²) in [7, 11) is 0. The third kappa shape index (κ3) is 2.88. The lowest BCUT2D eigenvalue weighted by atomic mass is 10.3. The van der Waals surface area contributed by atoms with Crippen LogP contribution in [0.4, 0.5) is 0 Å². The Morgan fingerprint density at radius 3 is 3.25 bits per heavy atom. The molecule has 1 atom stereocenters.